The van der Waals surface area contributed by atoms with Gasteiger partial charge in [0.15, 0.2) is 17.3 Å². The molecule has 29 heavy (non-hydrogen) atoms. The number of anilines is 1. The number of ether oxygens (including phenoxy) is 1. The molecule has 0 bridgehead atoms. The molecule has 6 heteroatoms. The molecule has 4 rings (SSSR count). The van der Waals surface area contributed by atoms with E-state index in [0.29, 0.717) is 28.3 Å². The Hall–Kier alpha value is -4.06. The van der Waals surface area contributed by atoms with Gasteiger partial charge in [-0.1, -0.05) is 24.3 Å². The van der Waals surface area contributed by atoms with Crippen LogP contribution in [-0.4, -0.2) is 24.3 Å². The number of aliphatic imine (C=N–C) groups is 1. The first-order valence-electron chi connectivity index (χ1n) is 8.94. The molecule has 1 amide bonds. The fourth-order valence-corrected chi connectivity index (χ4v) is 2.87. The molecule has 0 aliphatic carbocycles. The highest BCUT2D eigenvalue weighted by Crippen LogP contribution is 2.28. The van der Waals surface area contributed by atoms with Gasteiger partial charge in [-0.25, -0.2) is 0 Å². The predicted octanol–water partition coefficient (Wildman–Crippen LogP) is 5.15. The van der Waals surface area contributed by atoms with Gasteiger partial charge < -0.3 is 19.6 Å². The number of benzene rings is 3. The average molecular weight is 386 g/mol. The Morgan fingerprint density at radius 3 is 2.62 bits per heavy atom. The van der Waals surface area contributed by atoms with Gasteiger partial charge in [0.1, 0.15) is 5.58 Å². The number of furan rings is 1. The predicted molar refractivity (Wildman–Crippen MR) is 113 cm³/mol. The highest BCUT2D eigenvalue weighted by atomic mass is 16.5. The first-order valence-corrected chi connectivity index (χ1v) is 8.94. The Morgan fingerprint density at radius 1 is 1.07 bits per heavy atom. The number of nitrogens with zero attached hydrogens (tertiary/aromatic N) is 1. The van der Waals surface area contributed by atoms with Crippen molar-refractivity contribution in [1.29, 1.82) is 0 Å². The molecule has 3 aromatic carbocycles. The number of carbonyl (C=O) groups is 1. The van der Waals surface area contributed by atoms with Crippen LogP contribution in [0.5, 0.6) is 11.5 Å². The number of para-hydroxylation sites is 2. The topological polar surface area (TPSA) is 84.1 Å². The molecule has 0 saturated carbocycles. The number of hydrogen-bond donors (Lipinski definition) is 2. The number of amides is 1. The quantitative estimate of drug-likeness (QED) is 0.465. The van der Waals surface area contributed by atoms with Gasteiger partial charge in [0, 0.05) is 22.9 Å². The zero-order chi connectivity index (χ0) is 20.2. The van der Waals surface area contributed by atoms with Crippen LogP contribution in [0.1, 0.15) is 16.1 Å². The molecule has 0 fully saturated rings. The summed E-state index contributed by atoms with van der Waals surface area (Å²) in [5.41, 5.74) is 2.52. The van der Waals surface area contributed by atoms with Crippen LogP contribution in [0.4, 0.5) is 11.4 Å². The van der Waals surface area contributed by atoms with Crippen LogP contribution in [-0.2, 0) is 0 Å². The summed E-state index contributed by atoms with van der Waals surface area (Å²) < 4.78 is 10.7. The summed E-state index contributed by atoms with van der Waals surface area (Å²) >= 11 is 0. The molecule has 0 saturated heterocycles. The lowest BCUT2D eigenvalue weighted by atomic mass is 10.2. The van der Waals surface area contributed by atoms with Crippen LogP contribution in [0.25, 0.3) is 11.0 Å². The normalized spacial score (nSPS) is 11.1. The highest BCUT2D eigenvalue weighted by Gasteiger charge is 2.12. The van der Waals surface area contributed by atoms with E-state index >= 15 is 0 Å². The van der Waals surface area contributed by atoms with Crippen molar-refractivity contribution in [3.8, 4) is 11.5 Å². The van der Waals surface area contributed by atoms with Crippen molar-refractivity contribution in [2.75, 3.05) is 12.4 Å². The fourth-order valence-electron chi connectivity index (χ4n) is 2.87. The van der Waals surface area contributed by atoms with Gasteiger partial charge in [-0.2, -0.15) is 0 Å². The minimum Gasteiger partial charge on any atom is -0.504 e. The maximum absolute atomic E-state index is 12.4. The van der Waals surface area contributed by atoms with Crippen molar-refractivity contribution < 1.29 is 19.1 Å². The zero-order valence-electron chi connectivity index (χ0n) is 15.6. The first kappa shape index (κ1) is 18.3. The average Bonchev–Trinajstić information content (AvgIpc) is 3.18. The number of nitrogens with one attached hydrogen (secondary N) is 1. The summed E-state index contributed by atoms with van der Waals surface area (Å²) in [6.45, 7) is 0. The largest absolute Gasteiger partial charge is 0.504 e. The molecular weight excluding hydrogens is 368 g/mol. The van der Waals surface area contributed by atoms with Crippen molar-refractivity contribution in [2.45, 2.75) is 0 Å². The number of aromatic hydroxyl groups is 1. The second-order valence-electron chi connectivity index (χ2n) is 6.31. The van der Waals surface area contributed by atoms with Crippen LogP contribution < -0.4 is 10.1 Å². The standard InChI is InChI=1S/C23H18N2O4/c1-28-20-8-4-6-16(22(20)26)14-24-17-9-11-18(12-10-17)25-23(27)21-13-15-5-2-3-7-19(15)29-21/h2-14,26H,1H3,(H,25,27). The molecule has 0 aliphatic rings. The van der Waals surface area contributed by atoms with E-state index in [1.54, 1.807) is 54.7 Å². The van der Waals surface area contributed by atoms with Crippen molar-refractivity contribution in [3.05, 3.63) is 84.1 Å². The summed E-state index contributed by atoms with van der Waals surface area (Å²) in [4.78, 5) is 16.8. The van der Waals surface area contributed by atoms with Crippen LogP contribution in [0.3, 0.4) is 0 Å². The molecule has 0 atom stereocenters. The third-order valence-electron chi connectivity index (χ3n) is 4.38. The smallest absolute Gasteiger partial charge is 0.291 e. The molecule has 0 unspecified atom stereocenters. The Bertz CT molecular complexity index is 1160. The molecule has 144 valence electrons. The lowest BCUT2D eigenvalue weighted by Crippen LogP contribution is -2.10. The summed E-state index contributed by atoms with van der Waals surface area (Å²) in [6, 6.07) is 21.4. The molecule has 4 aromatic rings. The van der Waals surface area contributed by atoms with E-state index in [1.807, 2.05) is 24.3 Å². The first-order chi connectivity index (χ1) is 14.1. The van der Waals surface area contributed by atoms with E-state index < -0.39 is 0 Å². The SMILES string of the molecule is COc1cccc(C=Nc2ccc(NC(=O)c3cc4ccccc4o3)cc2)c1O. The molecule has 0 spiro atoms. The molecule has 6 nitrogen and oxygen atoms in total. The number of methoxy groups -OCH3 is 1. The van der Waals surface area contributed by atoms with Crippen molar-refractivity contribution in [1.82, 2.24) is 0 Å². The Kier molecular flexibility index (Phi) is 4.99. The lowest BCUT2D eigenvalue weighted by Gasteiger charge is -2.05. The zero-order valence-corrected chi connectivity index (χ0v) is 15.6. The summed E-state index contributed by atoms with van der Waals surface area (Å²) in [7, 11) is 1.49. The van der Waals surface area contributed by atoms with Gasteiger partial charge in [-0.15, -0.1) is 0 Å². The Morgan fingerprint density at radius 2 is 1.86 bits per heavy atom. The summed E-state index contributed by atoms with van der Waals surface area (Å²) in [5, 5.41) is 13.8. The molecule has 0 radical (unpaired) electrons. The molecular formula is C23H18N2O4. The second-order valence-corrected chi connectivity index (χ2v) is 6.31. The van der Waals surface area contributed by atoms with E-state index in [1.165, 1.54) is 7.11 Å². The fraction of sp³-hybridized carbons (Fsp3) is 0.0435. The third-order valence-corrected chi connectivity index (χ3v) is 4.38. The van der Waals surface area contributed by atoms with Gasteiger partial charge in [0.25, 0.3) is 5.91 Å². The van der Waals surface area contributed by atoms with Gasteiger partial charge >= 0.3 is 0 Å². The number of hydrogen-bond acceptors (Lipinski definition) is 5. The van der Waals surface area contributed by atoms with Gasteiger partial charge in [0.05, 0.1) is 12.8 Å². The number of fused-ring (bicyclic) bond motifs is 1. The van der Waals surface area contributed by atoms with E-state index in [0.717, 1.165) is 5.39 Å². The van der Waals surface area contributed by atoms with Crippen LogP contribution in [0.2, 0.25) is 0 Å². The van der Waals surface area contributed by atoms with Crippen LogP contribution in [0, 0.1) is 0 Å². The minimum atomic E-state index is -0.321. The van der Waals surface area contributed by atoms with Crippen LogP contribution >= 0.6 is 0 Å². The number of phenols is 1. The highest BCUT2D eigenvalue weighted by molar-refractivity contribution is 6.04. The van der Waals surface area contributed by atoms with Crippen LogP contribution in [0.15, 0.2) is 82.2 Å². The van der Waals surface area contributed by atoms with Crippen molar-refractivity contribution in [3.63, 3.8) is 0 Å². The van der Waals surface area contributed by atoms with Gasteiger partial charge in [0.2, 0.25) is 0 Å². The third kappa shape index (κ3) is 3.96. The molecule has 0 aliphatic heterocycles. The maximum Gasteiger partial charge on any atom is 0.291 e. The number of carbonyl (C=O) groups excluding carboxylic acids is 1. The molecule has 1 heterocycles. The van der Waals surface area contributed by atoms with E-state index in [9.17, 15) is 9.90 Å². The Labute approximate surface area is 167 Å². The van der Waals surface area contributed by atoms with Gasteiger partial charge in [-0.05, 0) is 48.5 Å². The summed E-state index contributed by atoms with van der Waals surface area (Å²) in [6.07, 6.45) is 1.56. The molecule has 1 aromatic heterocycles. The lowest BCUT2D eigenvalue weighted by molar-refractivity contribution is 0.0998. The van der Waals surface area contributed by atoms with Gasteiger partial charge in [-0.3, -0.25) is 9.79 Å². The monoisotopic (exact) mass is 386 g/mol. The number of phenolic OH excluding ortho intramolecular Hbond substituents is 1. The molecule has 2 N–H and O–H groups in total. The number of rotatable bonds is 5. The minimum absolute atomic E-state index is 0.0356. The second kappa shape index (κ2) is 7.90. The van der Waals surface area contributed by atoms with Crippen molar-refractivity contribution in [2.24, 2.45) is 4.99 Å². The van der Waals surface area contributed by atoms with E-state index in [-0.39, 0.29) is 17.4 Å². The Balaban J connectivity index is 1.46. The maximum atomic E-state index is 12.4. The van der Waals surface area contributed by atoms with E-state index in [4.69, 9.17) is 9.15 Å². The summed E-state index contributed by atoms with van der Waals surface area (Å²) in [5.74, 6) is 0.353. The van der Waals surface area contributed by atoms with E-state index in [2.05, 4.69) is 10.3 Å². The van der Waals surface area contributed by atoms with Crippen molar-refractivity contribution >= 4 is 34.5 Å².